The number of unbranched alkanes of at least 4 members (excludes halogenated alkanes) is 5. The lowest BCUT2D eigenvalue weighted by Crippen LogP contribution is -2.16. The summed E-state index contributed by atoms with van der Waals surface area (Å²) in [6.45, 7) is 2.84. The van der Waals surface area contributed by atoms with E-state index in [1.807, 2.05) is 6.07 Å². The molecule has 0 saturated heterocycles. The molecule has 0 spiro atoms. The minimum Gasteiger partial charge on any atom is -0.478 e. The molecule has 0 unspecified atom stereocenters. The zero-order valence-corrected chi connectivity index (χ0v) is 14.9. The SMILES string of the molecule is CCCCCCCCOc1ccc(-c2ccc(OC(F)(F)F)cc2)cn1. The molecule has 0 radical (unpaired) electrons. The van der Waals surface area contributed by atoms with E-state index in [1.165, 1.54) is 37.8 Å². The van der Waals surface area contributed by atoms with Gasteiger partial charge in [0, 0.05) is 17.8 Å². The molecular weight excluding hydrogens is 343 g/mol. The minimum absolute atomic E-state index is 0.243. The van der Waals surface area contributed by atoms with Crippen molar-refractivity contribution in [2.24, 2.45) is 0 Å². The Hall–Kier alpha value is -2.24. The second-order valence-corrected chi connectivity index (χ2v) is 6.07. The fourth-order valence-electron chi connectivity index (χ4n) is 2.54. The van der Waals surface area contributed by atoms with Gasteiger partial charge >= 0.3 is 6.36 Å². The van der Waals surface area contributed by atoms with E-state index in [0.29, 0.717) is 12.5 Å². The van der Waals surface area contributed by atoms with Gasteiger partial charge in [-0.2, -0.15) is 0 Å². The summed E-state index contributed by atoms with van der Waals surface area (Å²) in [5.41, 5.74) is 1.56. The number of nitrogens with zero attached hydrogens (tertiary/aromatic N) is 1. The second kappa shape index (κ2) is 10.0. The molecule has 0 amide bonds. The highest BCUT2D eigenvalue weighted by Crippen LogP contribution is 2.26. The first-order valence-electron chi connectivity index (χ1n) is 8.93. The molecule has 1 heterocycles. The maximum atomic E-state index is 12.2. The Bertz CT molecular complexity index is 640. The Kier molecular flexibility index (Phi) is 7.75. The average molecular weight is 367 g/mol. The standard InChI is InChI=1S/C20H24F3NO2/c1-2-3-4-5-6-7-14-25-19-13-10-17(15-24-19)16-8-11-18(12-9-16)26-20(21,22)23/h8-13,15H,2-7,14H2,1H3. The van der Waals surface area contributed by atoms with Crippen LogP contribution in [-0.2, 0) is 0 Å². The lowest BCUT2D eigenvalue weighted by molar-refractivity contribution is -0.274. The third-order valence-electron chi connectivity index (χ3n) is 3.91. The quantitative estimate of drug-likeness (QED) is 0.456. The Morgan fingerprint density at radius 1 is 0.846 bits per heavy atom. The van der Waals surface area contributed by atoms with Gasteiger partial charge in [0.15, 0.2) is 0 Å². The molecule has 0 fully saturated rings. The summed E-state index contributed by atoms with van der Waals surface area (Å²) in [6.07, 6.45) is 4.17. The van der Waals surface area contributed by atoms with Crippen LogP contribution < -0.4 is 9.47 Å². The predicted octanol–water partition coefficient (Wildman–Crippen LogP) is 6.39. The number of aromatic nitrogens is 1. The van der Waals surface area contributed by atoms with Crippen LogP contribution in [-0.4, -0.2) is 18.0 Å². The third-order valence-corrected chi connectivity index (χ3v) is 3.91. The van der Waals surface area contributed by atoms with Crippen LogP contribution in [0.3, 0.4) is 0 Å². The molecule has 3 nitrogen and oxygen atoms in total. The summed E-state index contributed by atoms with van der Waals surface area (Å²) in [7, 11) is 0. The van der Waals surface area contributed by atoms with Gasteiger partial charge in [0.25, 0.3) is 0 Å². The van der Waals surface area contributed by atoms with Crippen LogP contribution in [0.2, 0.25) is 0 Å². The van der Waals surface area contributed by atoms with Gasteiger partial charge in [-0.3, -0.25) is 0 Å². The van der Waals surface area contributed by atoms with Crippen LogP contribution in [0.1, 0.15) is 45.4 Å². The highest BCUT2D eigenvalue weighted by molar-refractivity contribution is 5.63. The van der Waals surface area contributed by atoms with Gasteiger partial charge < -0.3 is 9.47 Å². The van der Waals surface area contributed by atoms with Crippen molar-refractivity contribution in [3.05, 3.63) is 42.6 Å². The minimum atomic E-state index is -4.68. The second-order valence-electron chi connectivity index (χ2n) is 6.07. The number of pyridine rings is 1. The van der Waals surface area contributed by atoms with Crippen molar-refractivity contribution in [3.8, 4) is 22.8 Å². The zero-order valence-electron chi connectivity index (χ0n) is 14.9. The van der Waals surface area contributed by atoms with Gasteiger partial charge in [-0.15, -0.1) is 13.2 Å². The number of rotatable bonds is 10. The van der Waals surface area contributed by atoms with Gasteiger partial charge in [0.1, 0.15) is 5.75 Å². The van der Waals surface area contributed by atoms with E-state index in [-0.39, 0.29) is 5.75 Å². The topological polar surface area (TPSA) is 31.4 Å². The van der Waals surface area contributed by atoms with Crippen LogP contribution in [0.25, 0.3) is 11.1 Å². The number of halogens is 3. The van der Waals surface area contributed by atoms with Crippen LogP contribution in [0.5, 0.6) is 11.6 Å². The van der Waals surface area contributed by atoms with Gasteiger partial charge in [-0.05, 0) is 30.2 Å². The molecule has 2 rings (SSSR count). The molecule has 0 N–H and O–H groups in total. The zero-order chi connectivity index (χ0) is 18.8. The first-order chi connectivity index (χ1) is 12.5. The average Bonchev–Trinajstić information content (AvgIpc) is 2.61. The van der Waals surface area contributed by atoms with Crippen molar-refractivity contribution in [3.63, 3.8) is 0 Å². The van der Waals surface area contributed by atoms with Crippen molar-refractivity contribution in [2.45, 2.75) is 51.8 Å². The molecular formula is C20H24F3NO2. The predicted molar refractivity (Wildman–Crippen MR) is 95.2 cm³/mol. The van der Waals surface area contributed by atoms with Crippen molar-refractivity contribution in [2.75, 3.05) is 6.61 Å². The largest absolute Gasteiger partial charge is 0.573 e. The van der Waals surface area contributed by atoms with E-state index in [2.05, 4.69) is 16.6 Å². The van der Waals surface area contributed by atoms with Gasteiger partial charge in [0.05, 0.1) is 6.61 Å². The molecule has 26 heavy (non-hydrogen) atoms. The Balaban J connectivity index is 1.79. The first-order valence-corrected chi connectivity index (χ1v) is 8.93. The van der Waals surface area contributed by atoms with Gasteiger partial charge in [-0.25, -0.2) is 4.98 Å². The summed E-state index contributed by atoms with van der Waals surface area (Å²) in [4.78, 5) is 4.25. The lowest BCUT2D eigenvalue weighted by atomic mass is 10.1. The third kappa shape index (κ3) is 7.33. The van der Waals surface area contributed by atoms with Crippen molar-refractivity contribution < 1.29 is 22.6 Å². The normalized spacial score (nSPS) is 11.4. The van der Waals surface area contributed by atoms with E-state index in [0.717, 1.165) is 24.0 Å². The molecule has 0 aliphatic heterocycles. The van der Waals surface area contributed by atoms with Crippen molar-refractivity contribution >= 4 is 0 Å². The molecule has 2 aromatic rings. The number of alkyl halides is 3. The van der Waals surface area contributed by atoms with E-state index in [1.54, 1.807) is 24.4 Å². The molecule has 0 aliphatic rings. The maximum absolute atomic E-state index is 12.2. The van der Waals surface area contributed by atoms with Crippen LogP contribution in [0, 0.1) is 0 Å². The molecule has 0 aliphatic carbocycles. The molecule has 0 saturated carbocycles. The molecule has 142 valence electrons. The molecule has 6 heteroatoms. The van der Waals surface area contributed by atoms with Crippen LogP contribution in [0.4, 0.5) is 13.2 Å². The number of benzene rings is 1. The summed E-state index contributed by atoms with van der Waals surface area (Å²) in [5, 5.41) is 0. The first kappa shape index (κ1) is 20.1. The fraction of sp³-hybridized carbons (Fsp3) is 0.450. The van der Waals surface area contributed by atoms with Crippen LogP contribution in [0.15, 0.2) is 42.6 Å². The fourth-order valence-corrected chi connectivity index (χ4v) is 2.54. The highest BCUT2D eigenvalue weighted by Gasteiger charge is 2.30. The smallest absolute Gasteiger partial charge is 0.478 e. The summed E-state index contributed by atoms with van der Waals surface area (Å²) in [5.74, 6) is 0.312. The number of hydrogen-bond acceptors (Lipinski definition) is 3. The van der Waals surface area contributed by atoms with E-state index < -0.39 is 6.36 Å². The van der Waals surface area contributed by atoms with E-state index in [9.17, 15) is 13.2 Å². The maximum Gasteiger partial charge on any atom is 0.573 e. The van der Waals surface area contributed by atoms with E-state index >= 15 is 0 Å². The lowest BCUT2D eigenvalue weighted by Gasteiger charge is -2.09. The van der Waals surface area contributed by atoms with Crippen LogP contribution >= 0.6 is 0 Å². The van der Waals surface area contributed by atoms with Crippen molar-refractivity contribution in [1.82, 2.24) is 4.98 Å². The Morgan fingerprint density at radius 2 is 1.50 bits per heavy atom. The molecule has 0 atom stereocenters. The van der Waals surface area contributed by atoms with Gasteiger partial charge in [-0.1, -0.05) is 51.2 Å². The molecule has 1 aromatic carbocycles. The monoisotopic (exact) mass is 367 g/mol. The van der Waals surface area contributed by atoms with E-state index in [4.69, 9.17) is 4.74 Å². The Morgan fingerprint density at radius 3 is 2.12 bits per heavy atom. The summed E-state index contributed by atoms with van der Waals surface area (Å²) >= 11 is 0. The highest BCUT2D eigenvalue weighted by atomic mass is 19.4. The number of ether oxygens (including phenoxy) is 2. The molecule has 0 bridgehead atoms. The van der Waals surface area contributed by atoms with Gasteiger partial charge in [0.2, 0.25) is 5.88 Å². The van der Waals surface area contributed by atoms with Crippen molar-refractivity contribution in [1.29, 1.82) is 0 Å². The Labute approximate surface area is 152 Å². The number of hydrogen-bond donors (Lipinski definition) is 0. The molecule has 1 aromatic heterocycles. The summed E-state index contributed by atoms with van der Waals surface area (Å²) < 4.78 is 46.0. The summed E-state index contributed by atoms with van der Waals surface area (Å²) in [6, 6.07) is 9.30.